The van der Waals surface area contributed by atoms with E-state index in [-0.39, 0.29) is 12.4 Å². The van der Waals surface area contributed by atoms with Crippen LogP contribution in [0, 0.1) is 5.82 Å². The molecule has 1 N–H and O–H groups in total. The lowest BCUT2D eigenvalue weighted by Crippen LogP contribution is -2.04. The van der Waals surface area contributed by atoms with Gasteiger partial charge in [-0.3, -0.25) is 4.99 Å². The maximum absolute atomic E-state index is 14.3. The number of aliphatic hydroxyl groups is 1. The minimum atomic E-state index is -0.331. The lowest BCUT2D eigenvalue weighted by Gasteiger charge is -2.04. The maximum Gasteiger partial charge on any atom is 0.132 e. The van der Waals surface area contributed by atoms with Gasteiger partial charge in [-0.15, -0.1) is 0 Å². The van der Waals surface area contributed by atoms with Gasteiger partial charge >= 0.3 is 0 Å². The van der Waals surface area contributed by atoms with E-state index >= 15 is 0 Å². The summed E-state index contributed by atoms with van der Waals surface area (Å²) in [5, 5.41) is 9.12. The molecule has 0 atom stereocenters. The van der Waals surface area contributed by atoms with Crippen molar-refractivity contribution in [2.75, 3.05) is 0 Å². The Balaban J connectivity index is 1.61. The molecule has 2 nitrogen and oxygen atoms in total. The minimum absolute atomic E-state index is 0.160. The largest absolute Gasteiger partial charge is 0.392 e. The predicted octanol–water partition coefficient (Wildman–Crippen LogP) is 4.59. The van der Waals surface area contributed by atoms with Crippen LogP contribution in [0.5, 0.6) is 0 Å². The number of aliphatic imine (C=N–C) groups is 1. The molecule has 1 heterocycles. The van der Waals surface area contributed by atoms with Crippen LogP contribution >= 0.6 is 0 Å². The van der Waals surface area contributed by atoms with E-state index in [9.17, 15) is 4.39 Å². The Morgan fingerprint density at radius 1 is 0.880 bits per heavy atom. The molecule has 0 aromatic heterocycles. The van der Waals surface area contributed by atoms with Gasteiger partial charge in [-0.2, -0.15) is 0 Å². The second kappa shape index (κ2) is 6.61. The maximum atomic E-state index is 14.3. The van der Waals surface area contributed by atoms with E-state index in [2.05, 4.69) is 35.3 Å². The molecule has 0 unspecified atom stereocenters. The number of aliphatic hydroxyl groups excluding tert-OH is 1. The minimum Gasteiger partial charge on any atom is -0.392 e. The fourth-order valence-corrected chi connectivity index (χ4v) is 3.22. The quantitative estimate of drug-likeness (QED) is 0.745. The first-order chi connectivity index (χ1) is 12.2. The molecule has 0 aliphatic carbocycles. The zero-order valence-electron chi connectivity index (χ0n) is 13.7. The molecule has 0 fully saturated rings. The van der Waals surface area contributed by atoms with Gasteiger partial charge in [0.05, 0.1) is 18.0 Å². The summed E-state index contributed by atoms with van der Waals surface area (Å²) in [5.74, 6) is -0.331. The van der Waals surface area contributed by atoms with E-state index in [1.165, 1.54) is 17.2 Å². The first-order valence-corrected chi connectivity index (χ1v) is 8.36. The number of nitrogens with zero attached hydrogens (tertiary/aromatic N) is 1. The van der Waals surface area contributed by atoms with Gasteiger partial charge in [0.25, 0.3) is 0 Å². The molecule has 0 bridgehead atoms. The van der Waals surface area contributed by atoms with Crippen molar-refractivity contribution >= 4 is 11.4 Å². The van der Waals surface area contributed by atoms with Crippen molar-refractivity contribution in [2.24, 2.45) is 4.99 Å². The summed E-state index contributed by atoms with van der Waals surface area (Å²) in [6.07, 6.45) is 1.49. The summed E-state index contributed by atoms with van der Waals surface area (Å²) in [5.41, 5.74) is 6.34. The van der Waals surface area contributed by atoms with E-state index in [0.29, 0.717) is 17.5 Å². The van der Waals surface area contributed by atoms with E-state index in [4.69, 9.17) is 5.11 Å². The van der Waals surface area contributed by atoms with Crippen LogP contribution in [0.15, 0.2) is 71.7 Å². The smallest absolute Gasteiger partial charge is 0.132 e. The Morgan fingerprint density at radius 2 is 1.68 bits per heavy atom. The summed E-state index contributed by atoms with van der Waals surface area (Å²) in [6, 6.07) is 21.4. The number of hydrogen-bond donors (Lipinski definition) is 1. The molecule has 124 valence electrons. The lowest BCUT2D eigenvalue weighted by atomic mass is 9.99. The van der Waals surface area contributed by atoms with Crippen molar-refractivity contribution in [3.63, 3.8) is 0 Å². The number of halogens is 1. The molecule has 3 aromatic carbocycles. The third-order valence-electron chi connectivity index (χ3n) is 4.54. The molecular weight excluding hydrogens is 313 g/mol. The number of hydrogen-bond acceptors (Lipinski definition) is 2. The van der Waals surface area contributed by atoms with E-state index in [1.807, 2.05) is 18.2 Å². The average molecular weight is 331 g/mol. The van der Waals surface area contributed by atoms with Crippen LogP contribution in [0.3, 0.4) is 0 Å². The van der Waals surface area contributed by atoms with Gasteiger partial charge in [0.15, 0.2) is 0 Å². The van der Waals surface area contributed by atoms with Crippen LogP contribution in [0.2, 0.25) is 0 Å². The summed E-state index contributed by atoms with van der Waals surface area (Å²) in [7, 11) is 0. The van der Waals surface area contributed by atoms with Crippen LogP contribution in [0.1, 0.15) is 27.8 Å². The van der Waals surface area contributed by atoms with E-state index in [1.54, 1.807) is 12.1 Å². The zero-order valence-corrected chi connectivity index (χ0v) is 13.7. The molecule has 4 rings (SSSR count). The normalized spacial score (nSPS) is 12.8. The van der Waals surface area contributed by atoms with Crippen molar-refractivity contribution in [3.05, 3.63) is 100 Å². The number of rotatable bonds is 4. The van der Waals surface area contributed by atoms with Crippen LogP contribution in [0.4, 0.5) is 10.1 Å². The van der Waals surface area contributed by atoms with Gasteiger partial charge in [0.2, 0.25) is 0 Å². The second-order valence-corrected chi connectivity index (χ2v) is 6.33. The summed E-state index contributed by atoms with van der Waals surface area (Å²) >= 11 is 0. The van der Waals surface area contributed by atoms with Crippen molar-refractivity contribution < 1.29 is 9.50 Å². The Kier molecular flexibility index (Phi) is 4.16. The number of benzene rings is 3. The molecule has 25 heavy (non-hydrogen) atoms. The standard InChI is InChI=1S/C22H18FNO/c23-20-11-17(14-25)7-9-19(20)22-13-18-8-6-16(12-21(18)24-22)10-15-4-2-1-3-5-15/h1-9,11-12,25H,10,13-14H2. The molecule has 0 saturated heterocycles. The van der Waals surface area contributed by atoms with E-state index < -0.39 is 0 Å². The molecule has 0 amide bonds. The van der Waals surface area contributed by atoms with Gasteiger partial charge in [0.1, 0.15) is 5.82 Å². The summed E-state index contributed by atoms with van der Waals surface area (Å²) < 4.78 is 14.3. The molecule has 0 spiro atoms. The van der Waals surface area contributed by atoms with Crippen molar-refractivity contribution in [1.82, 2.24) is 0 Å². The monoisotopic (exact) mass is 331 g/mol. The highest BCUT2D eigenvalue weighted by atomic mass is 19.1. The SMILES string of the molecule is OCc1ccc(C2=Nc3cc(Cc4ccccc4)ccc3C2)c(F)c1. The van der Waals surface area contributed by atoms with Crippen LogP contribution in [-0.2, 0) is 19.4 Å². The third kappa shape index (κ3) is 3.24. The van der Waals surface area contributed by atoms with Crippen LogP contribution in [-0.4, -0.2) is 10.8 Å². The first-order valence-electron chi connectivity index (χ1n) is 8.36. The Morgan fingerprint density at radius 3 is 2.44 bits per heavy atom. The highest BCUT2D eigenvalue weighted by molar-refractivity contribution is 6.06. The molecular formula is C22H18FNO. The fraction of sp³-hybridized carbons (Fsp3) is 0.136. The van der Waals surface area contributed by atoms with Crippen molar-refractivity contribution in [2.45, 2.75) is 19.4 Å². The van der Waals surface area contributed by atoms with Crippen molar-refractivity contribution in [3.8, 4) is 0 Å². The molecule has 3 heteroatoms. The third-order valence-corrected chi connectivity index (χ3v) is 4.54. The summed E-state index contributed by atoms with van der Waals surface area (Å²) in [4.78, 5) is 4.65. The zero-order chi connectivity index (χ0) is 17.2. The second-order valence-electron chi connectivity index (χ2n) is 6.33. The predicted molar refractivity (Wildman–Crippen MR) is 97.9 cm³/mol. The highest BCUT2D eigenvalue weighted by Crippen LogP contribution is 2.31. The van der Waals surface area contributed by atoms with Gasteiger partial charge in [0, 0.05) is 12.0 Å². The first kappa shape index (κ1) is 15.7. The van der Waals surface area contributed by atoms with Crippen LogP contribution in [0.25, 0.3) is 0 Å². The van der Waals surface area contributed by atoms with Crippen LogP contribution < -0.4 is 0 Å². The topological polar surface area (TPSA) is 32.6 Å². The number of fused-ring (bicyclic) bond motifs is 1. The highest BCUT2D eigenvalue weighted by Gasteiger charge is 2.19. The Labute approximate surface area is 146 Å². The molecule has 0 radical (unpaired) electrons. The molecule has 1 aliphatic heterocycles. The Bertz CT molecular complexity index is 947. The molecule has 0 saturated carbocycles. The Hall–Kier alpha value is -2.78. The molecule has 3 aromatic rings. The van der Waals surface area contributed by atoms with Gasteiger partial charge in [-0.05, 0) is 46.9 Å². The van der Waals surface area contributed by atoms with Gasteiger partial charge in [-0.25, -0.2) is 4.39 Å². The van der Waals surface area contributed by atoms with Crippen molar-refractivity contribution in [1.29, 1.82) is 0 Å². The summed E-state index contributed by atoms with van der Waals surface area (Å²) in [6.45, 7) is -0.160. The van der Waals surface area contributed by atoms with E-state index in [0.717, 1.165) is 23.4 Å². The average Bonchev–Trinajstić information content (AvgIpc) is 3.05. The lowest BCUT2D eigenvalue weighted by molar-refractivity contribution is 0.281. The molecule has 1 aliphatic rings. The van der Waals surface area contributed by atoms with Gasteiger partial charge in [-0.1, -0.05) is 48.5 Å². The van der Waals surface area contributed by atoms with Gasteiger partial charge < -0.3 is 5.11 Å². The fourth-order valence-electron chi connectivity index (χ4n) is 3.22.